The molecule has 23 heavy (non-hydrogen) atoms. The average Bonchev–Trinajstić information content (AvgIpc) is 3.01. The zero-order valence-corrected chi connectivity index (χ0v) is 13.5. The van der Waals surface area contributed by atoms with Crippen LogP contribution in [0, 0.1) is 5.82 Å². The van der Waals surface area contributed by atoms with Gasteiger partial charge in [0.2, 0.25) is 0 Å². The van der Waals surface area contributed by atoms with Gasteiger partial charge >= 0.3 is 0 Å². The predicted octanol–water partition coefficient (Wildman–Crippen LogP) is 3.43. The van der Waals surface area contributed by atoms with Crippen LogP contribution in [-0.2, 0) is 0 Å². The first-order valence-electron chi connectivity index (χ1n) is 7.87. The third-order valence-corrected chi connectivity index (χ3v) is 5.34. The van der Waals surface area contributed by atoms with Crippen LogP contribution >= 0.6 is 11.3 Å². The highest BCUT2D eigenvalue weighted by Gasteiger charge is 2.26. The van der Waals surface area contributed by atoms with Crippen LogP contribution in [0.2, 0.25) is 0 Å². The molecule has 1 aromatic heterocycles. The number of fused-ring (bicyclic) bond motifs is 1. The molecule has 4 rings (SSSR count). The minimum atomic E-state index is -0.197. The molecule has 5 heteroatoms. The second kappa shape index (κ2) is 6.35. The molecule has 2 aromatic carbocycles. The Morgan fingerprint density at radius 2 is 1.78 bits per heavy atom. The first kappa shape index (κ1) is 14.8. The first-order chi connectivity index (χ1) is 11.3. The standard InChI is InChI=1S/C18H18FN3S/c19-14-7-5-13(6-8-14)17(22-11-9-20-10-12-22)18-21-15-3-1-2-4-16(15)23-18/h1-8,17,20H,9-12H2. The van der Waals surface area contributed by atoms with Crippen LogP contribution in [0.5, 0.6) is 0 Å². The monoisotopic (exact) mass is 327 g/mol. The predicted molar refractivity (Wildman–Crippen MR) is 92.3 cm³/mol. The molecule has 1 fully saturated rings. The topological polar surface area (TPSA) is 28.2 Å². The van der Waals surface area contributed by atoms with Crippen molar-refractivity contribution in [1.82, 2.24) is 15.2 Å². The number of halogens is 1. The van der Waals surface area contributed by atoms with Crippen LogP contribution in [0.1, 0.15) is 16.6 Å². The average molecular weight is 327 g/mol. The van der Waals surface area contributed by atoms with Crippen molar-refractivity contribution in [3.05, 3.63) is 64.9 Å². The van der Waals surface area contributed by atoms with Crippen molar-refractivity contribution in [1.29, 1.82) is 0 Å². The van der Waals surface area contributed by atoms with E-state index in [1.54, 1.807) is 11.3 Å². The second-order valence-electron chi connectivity index (χ2n) is 5.76. The molecule has 0 bridgehead atoms. The van der Waals surface area contributed by atoms with E-state index >= 15 is 0 Å². The number of hydrogen-bond acceptors (Lipinski definition) is 4. The first-order valence-corrected chi connectivity index (χ1v) is 8.68. The molecule has 2 heterocycles. The van der Waals surface area contributed by atoms with Gasteiger partial charge in [-0.05, 0) is 29.8 Å². The van der Waals surface area contributed by atoms with Crippen molar-refractivity contribution in [2.45, 2.75) is 6.04 Å². The lowest BCUT2D eigenvalue weighted by Crippen LogP contribution is -2.45. The van der Waals surface area contributed by atoms with E-state index in [-0.39, 0.29) is 11.9 Å². The molecule has 0 radical (unpaired) electrons. The molecular weight excluding hydrogens is 309 g/mol. The van der Waals surface area contributed by atoms with Crippen molar-refractivity contribution in [2.75, 3.05) is 26.2 Å². The highest BCUT2D eigenvalue weighted by molar-refractivity contribution is 7.18. The molecule has 1 unspecified atom stereocenters. The summed E-state index contributed by atoms with van der Waals surface area (Å²) in [7, 11) is 0. The van der Waals surface area contributed by atoms with Gasteiger partial charge in [-0.3, -0.25) is 4.90 Å². The number of nitrogens with one attached hydrogen (secondary N) is 1. The summed E-state index contributed by atoms with van der Waals surface area (Å²) >= 11 is 1.73. The van der Waals surface area contributed by atoms with Gasteiger partial charge < -0.3 is 5.32 Å². The Hall–Kier alpha value is -1.82. The van der Waals surface area contributed by atoms with Gasteiger partial charge in [-0.15, -0.1) is 11.3 Å². The number of hydrogen-bond donors (Lipinski definition) is 1. The van der Waals surface area contributed by atoms with Gasteiger partial charge in [0.25, 0.3) is 0 Å². The maximum Gasteiger partial charge on any atom is 0.123 e. The van der Waals surface area contributed by atoms with Crippen molar-refractivity contribution in [3.8, 4) is 0 Å². The van der Waals surface area contributed by atoms with Crippen molar-refractivity contribution >= 4 is 21.6 Å². The number of benzene rings is 2. The minimum absolute atomic E-state index is 0.0927. The van der Waals surface area contributed by atoms with Crippen LogP contribution in [-0.4, -0.2) is 36.1 Å². The van der Waals surface area contributed by atoms with Gasteiger partial charge in [0.05, 0.1) is 16.3 Å². The summed E-state index contributed by atoms with van der Waals surface area (Å²) in [5.74, 6) is -0.197. The summed E-state index contributed by atoms with van der Waals surface area (Å²) in [4.78, 5) is 7.28. The van der Waals surface area contributed by atoms with Crippen LogP contribution < -0.4 is 5.32 Å². The summed E-state index contributed by atoms with van der Waals surface area (Å²) in [6.45, 7) is 3.89. The molecule has 1 atom stereocenters. The fourth-order valence-corrected chi connectivity index (χ4v) is 4.23. The quantitative estimate of drug-likeness (QED) is 0.799. The van der Waals surface area contributed by atoms with E-state index in [9.17, 15) is 4.39 Å². The van der Waals surface area contributed by atoms with Crippen molar-refractivity contribution < 1.29 is 4.39 Å². The maximum absolute atomic E-state index is 13.3. The summed E-state index contributed by atoms with van der Waals surface area (Å²) < 4.78 is 14.5. The number of para-hydroxylation sites is 1. The molecule has 0 aliphatic carbocycles. The molecule has 1 N–H and O–H groups in total. The Balaban J connectivity index is 1.78. The van der Waals surface area contributed by atoms with Gasteiger partial charge in [-0.2, -0.15) is 0 Å². The largest absolute Gasteiger partial charge is 0.314 e. The van der Waals surface area contributed by atoms with Crippen LogP contribution in [0.4, 0.5) is 4.39 Å². The SMILES string of the molecule is Fc1ccc(C(c2nc3ccccc3s2)N2CCNCC2)cc1. The fraction of sp³-hybridized carbons (Fsp3) is 0.278. The lowest BCUT2D eigenvalue weighted by Gasteiger charge is -2.34. The molecular formula is C18H18FN3S. The summed E-state index contributed by atoms with van der Waals surface area (Å²) in [6.07, 6.45) is 0. The highest BCUT2D eigenvalue weighted by Crippen LogP contribution is 2.34. The van der Waals surface area contributed by atoms with Crippen molar-refractivity contribution in [3.63, 3.8) is 0 Å². The molecule has 118 valence electrons. The molecule has 3 nitrogen and oxygen atoms in total. The molecule has 1 aliphatic rings. The molecule has 0 spiro atoms. The number of rotatable bonds is 3. The molecule has 0 saturated carbocycles. The van der Waals surface area contributed by atoms with Gasteiger partial charge in [0, 0.05) is 26.2 Å². The van der Waals surface area contributed by atoms with Gasteiger partial charge in [-0.25, -0.2) is 9.37 Å². The van der Waals surface area contributed by atoms with Crippen molar-refractivity contribution in [2.24, 2.45) is 0 Å². The molecule has 1 saturated heterocycles. The van der Waals surface area contributed by atoms with Gasteiger partial charge in [0.1, 0.15) is 10.8 Å². The highest BCUT2D eigenvalue weighted by atomic mass is 32.1. The molecule has 1 aliphatic heterocycles. The lowest BCUT2D eigenvalue weighted by molar-refractivity contribution is 0.198. The van der Waals surface area contributed by atoms with E-state index in [4.69, 9.17) is 4.98 Å². The summed E-state index contributed by atoms with van der Waals surface area (Å²) in [5, 5.41) is 4.47. The third-order valence-electron chi connectivity index (χ3n) is 4.25. The van der Waals surface area contributed by atoms with E-state index < -0.39 is 0 Å². The van der Waals surface area contributed by atoms with Crippen LogP contribution in [0.3, 0.4) is 0 Å². The van der Waals surface area contributed by atoms with Crippen LogP contribution in [0.15, 0.2) is 48.5 Å². The smallest absolute Gasteiger partial charge is 0.123 e. The fourth-order valence-electron chi connectivity index (χ4n) is 3.10. The maximum atomic E-state index is 13.3. The second-order valence-corrected chi connectivity index (χ2v) is 6.82. The van der Waals surface area contributed by atoms with Gasteiger partial charge in [0.15, 0.2) is 0 Å². The normalized spacial score (nSPS) is 17.4. The van der Waals surface area contributed by atoms with Gasteiger partial charge in [-0.1, -0.05) is 24.3 Å². The van der Waals surface area contributed by atoms with E-state index in [0.717, 1.165) is 42.3 Å². The lowest BCUT2D eigenvalue weighted by atomic mass is 10.0. The number of aromatic nitrogens is 1. The third kappa shape index (κ3) is 3.00. The van der Waals surface area contributed by atoms with E-state index in [1.165, 1.54) is 16.8 Å². The number of nitrogens with zero attached hydrogens (tertiary/aromatic N) is 2. The van der Waals surface area contributed by atoms with E-state index in [1.807, 2.05) is 24.3 Å². The Kier molecular flexibility index (Phi) is 4.08. The van der Waals surface area contributed by atoms with E-state index in [0.29, 0.717) is 0 Å². The number of piperazine rings is 1. The number of thiazole rings is 1. The Morgan fingerprint density at radius 3 is 2.52 bits per heavy atom. The Morgan fingerprint density at radius 1 is 1.04 bits per heavy atom. The Bertz CT molecular complexity index is 760. The van der Waals surface area contributed by atoms with E-state index in [2.05, 4.69) is 22.3 Å². The minimum Gasteiger partial charge on any atom is -0.314 e. The Labute approximate surface area is 138 Å². The zero-order valence-electron chi connectivity index (χ0n) is 12.7. The zero-order chi connectivity index (χ0) is 15.6. The van der Waals surface area contributed by atoms with Crippen LogP contribution in [0.25, 0.3) is 10.2 Å². The summed E-state index contributed by atoms with van der Waals surface area (Å²) in [6, 6.07) is 15.2. The molecule has 0 amide bonds. The summed E-state index contributed by atoms with van der Waals surface area (Å²) in [5.41, 5.74) is 2.14. The molecule has 3 aromatic rings.